The van der Waals surface area contributed by atoms with Gasteiger partial charge in [-0.05, 0) is 26.2 Å². The summed E-state index contributed by atoms with van der Waals surface area (Å²) in [5, 5.41) is 10.3. The molecule has 7 nitrogen and oxygen atoms in total. The first-order valence-corrected chi connectivity index (χ1v) is 7.73. The number of aromatic hydroxyl groups is 1. The van der Waals surface area contributed by atoms with Gasteiger partial charge < -0.3 is 9.84 Å². The number of aliphatic imine (C=N–C) groups is 1. The normalized spacial score (nSPS) is 18.8. The van der Waals surface area contributed by atoms with Crippen molar-refractivity contribution in [2.24, 2.45) is 4.99 Å². The van der Waals surface area contributed by atoms with Gasteiger partial charge in [0.15, 0.2) is 0 Å². The second kappa shape index (κ2) is 7.40. The highest BCUT2D eigenvalue weighted by Gasteiger charge is 2.18. The summed E-state index contributed by atoms with van der Waals surface area (Å²) in [6.45, 7) is 5.21. The molecule has 0 bridgehead atoms. The maximum atomic E-state index is 12.0. The van der Waals surface area contributed by atoms with Crippen LogP contribution in [0.15, 0.2) is 14.6 Å². The van der Waals surface area contributed by atoms with Gasteiger partial charge in [0.1, 0.15) is 5.56 Å². The number of aromatic amines is 1. The van der Waals surface area contributed by atoms with Crippen LogP contribution < -0.4 is 11.2 Å². The summed E-state index contributed by atoms with van der Waals surface area (Å²) in [6.07, 6.45) is 3.67. The van der Waals surface area contributed by atoms with E-state index in [0.29, 0.717) is 18.8 Å². The van der Waals surface area contributed by atoms with Crippen LogP contribution in [0.4, 0.5) is 0 Å². The fraction of sp³-hybridized carbons (Fsp3) is 0.667. The molecule has 22 heavy (non-hydrogen) atoms. The Kier molecular flexibility index (Phi) is 5.54. The quantitative estimate of drug-likeness (QED) is 0.767. The van der Waals surface area contributed by atoms with E-state index in [4.69, 9.17) is 4.74 Å². The molecule has 7 heteroatoms. The van der Waals surface area contributed by atoms with Crippen LogP contribution in [0.25, 0.3) is 0 Å². The van der Waals surface area contributed by atoms with Gasteiger partial charge in [0.05, 0.1) is 12.6 Å². The van der Waals surface area contributed by atoms with Crippen LogP contribution in [0.1, 0.15) is 45.1 Å². The minimum Gasteiger partial charge on any atom is -0.494 e. The minimum absolute atomic E-state index is 0.0636. The molecule has 1 aliphatic heterocycles. The Morgan fingerprint density at radius 3 is 2.91 bits per heavy atom. The number of hydrogen-bond acceptors (Lipinski definition) is 5. The van der Waals surface area contributed by atoms with Crippen molar-refractivity contribution in [1.29, 1.82) is 0 Å². The molecule has 2 heterocycles. The summed E-state index contributed by atoms with van der Waals surface area (Å²) in [5.74, 6) is -0.309. The number of nitrogens with one attached hydrogen (secondary N) is 1. The van der Waals surface area contributed by atoms with Crippen molar-refractivity contribution in [3.8, 4) is 5.88 Å². The third kappa shape index (κ3) is 3.65. The molecule has 0 radical (unpaired) electrons. The van der Waals surface area contributed by atoms with Crippen molar-refractivity contribution in [2.75, 3.05) is 13.2 Å². The summed E-state index contributed by atoms with van der Waals surface area (Å²) in [7, 11) is 0. The van der Waals surface area contributed by atoms with Crippen LogP contribution in [0, 0.1) is 0 Å². The number of H-pyrrole nitrogens is 1. The Bertz CT molecular complexity index is 654. The van der Waals surface area contributed by atoms with Gasteiger partial charge in [-0.15, -0.1) is 0 Å². The van der Waals surface area contributed by atoms with E-state index in [1.54, 1.807) is 6.92 Å². The molecule has 0 saturated carbocycles. The van der Waals surface area contributed by atoms with Gasteiger partial charge in [0, 0.05) is 18.9 Å². The zero-order chi connectivity index (χ0) is 16.1. The molecule has 1 aromatic rings. The fourth-order valence-corrected chi connectivity index (χ4v) is 2.52. The highest BCUT2D eigenvalue weighted by molar-refractivity contribution is 6.00. The molecule has 0 aromatic carbocycles. The number of ether oxygens (including phenoxy) is 1. The van der Waals surface area contributed by atoms with Crippen molar-refractivity contribution in [1.82, 2.24) is 9.55 Å². The predicted octanol–water partition coefficient (Wildman–Crippen LogP) is 1.03. The standard InChI is InChI=1S/C15H23N3O4/c1-3-4-7-18-14(20)12(13(19)17-15(18)21)10(2)16-9-11-6-5-8-22-11/h11,20H,3-9H2,1-2H3,(H,17,19,21)/t11-/m1/s1. The van der Waals surface area contributed by atoms with Crippen LogP contribution in [0.5, 0.6) is 5.88 Å². The van der Waals surface area contributed by atoms with Crippen molar-refractivity contribution in [2.45, 2.75) is 52.2 Å². The first kappa shape index (κ1) is 16.5. The van der Waals surface area contributed by atoms with Crippen molar-refractivity contribution < 1.29 is 9.84 Å². The highest BCUT2D eigenvalue weighted by atomic mass is 16.5. The third-order valence-corrected chi connectivity index (χ3v) is 3.83. The van der Waals surface area contributed by atoms with Gasteiger partial charge in [-0.2, -0.15) is 0 Å². The Hall–Kier alpha value is -1.89. The Labute approximate surface area is 128 Å². The minimum atomic E-state index is -0.608. The van der Waals surface area contributed by atoms with E-state index in [0.717, 1.165) is 32.3 Å². The van der Waals surface area contributed by atoms with Gasteiger partial charge >= 0.3 is 5.69 Å². The largest absolute Gasteiger partial charge is 0.494 e. The Morgan fingerprint density at radius 2 is 2.27 bits per heavy atom. The molecular weight excluding hydrogens is 286 g/mol. The lowest BCUT2D eigenvalue weighted by Gasteiger charge is -2.11. The lowest BCUT2D eigenvalue weighted by atomic mass is 10.2. The summed E-state index contributed by atoms with van der Waals surface area (Å²) in [5.41, 5.74) is -0.719. The third-order valence-electron chi connectivity index (χ3n) is 3.83. The van der Waals surface area contributed by atoms with E-state index in [2.05, 4.69) is 9.98 Å². The monoisotopic (exact) mass is 309 g/mol. The van der Waals surface area contributed by atoms with Gasteiger partial charge in [0.2, 0.25) is 5.88 Å². The maximum Gasteiger partial charge on any atom is 0.331 e. The molecule has 2 N–H and O–H groups in total. The second-order valence-corrected chi connectivity index (χ2v) is 5.52. The van der Waals surface area contributed by atoms with Crippen molar-refractivity contribution >= 4 is 5.71 Å². The topological polar surface area (TPSA) is 96.7 Å². The maximum absolute atomic E-state index is 12.0. The summed E-state index contributed by atoms with van der Waals surface area (Å²) in [4.78, 5) is 30.4. The molecule has 0 aliphatic carbocycles. The zero-order valence-corrected chi connectivity index (χ0v) is 13.1. The van der Waals surface area contributed by atoms with E-state index in [-0.39, 0.29) is 17.5 Å². The molecular formula is C15H23N3O4. The van der Waals surface area contributed by atoms with Crippen LogP contribution in [-0.4, -0.2) is 39.6 Å². The fourth-order valence-electron chi connectivity index (χ4n) is 2.52. The van der Waals surface area contributed by atoms with E-state index < -0.39 is 11.2 Å². The van der Waals surface area contributed by atoms with E-state index in [9.17, 15) is 14.7 Å². The van der Waals surface area contributed by atoms with Crippen molar-refractivity contribution in [3.05, 3.63) is 26.4 Å². The molecule has 1 aliphatic rings. The smallest absolute Gasteiger partial charge is 0.331 e. The first-order valence-electron chi connectivity index (χ1n) is 7.73. The van der Waals surface area contributed by atoms with Gasteiger partial charge in [-0.3, -0.25) is 19.3 Å². The molecule has 122 valence electrons. The molecule has 0 unspecified atom stereocenters. The first-order chi connectivity index (χ1) is 10.5. The summed E-state index contributed by atoms with van der Waals surface area (Å²) < 4.78 is 6.67. The lowest BCUT2D eigenvalue weighted by molar-refractivity contribution is 0.118. The molecule has 0 spiro atoms. The number of nitrogens with zero attached hydrogens (tertiary/aromatic N) is 2. The second-order valence-electron chi connectivity index (χ2n) is 5.52. The van der Waals surface area contributed by atoms with E-state index >= 15 is 0 Å². The SMILES string of the molecule is CCCCn1c(O)c(C(C)=NC[C@H]2CCCO2)c(=O)[nH]c1=O. The summed E-state index contributed by atoms with van der Waals surface area (Å²) in [6, 6.07) is 0. The number of unbranched alkanes of at least 4 members (excludes halogenated alkanes) is 1. The number of rotatable bonds is 6. The van der Waals surface area contributed by atoms with E-state index in [1.165, 1.54) is 4.57 Å². The molecule has 0 amide bonds. The van der Waals surface area contributed by atoms with Crippen LogP contribution in [0.2, 0.25) is 0 Å². The summed E-state index contributed by atoms with van der Waals surface area (Å²) >= 11 is 0. The lowest BCUT2D eigenvalue weighted by Crippen LogP contribution is -2.33. The highest BCUT2D eigenvalue weighted by Crippen LogP contribution is 2.15. The Balaban J connectivity index is 2.30. The van der Waals surface area contributed by atoms with Crippen molar-refractivity contribution in [3.63, 3.8) is 0 Å². The van der Waals surface area contributed by atoms with Crippen LogP contribution >= 0.6 is 0 Å². The average Bonchev–Trinajstić information content (AvgIpc) is 2.98. The Morgan fingerprint density at radius 1 is 1.50 bits per heavy atom. The van der Waals surface area contributed by atoms with Gasteiger partial charge in [0.25, 0.3) is 5.56 Å². The molecule has 1 saturated heterocycles. The average molecular weight is 309 g/mol. The zero-order valence-electron chi connectivity index (χ0n) is 13.1. The van der Waals surface area contributed by atoms with Crippen LogP contribution in [0.3, 0.4) is 0 Å². The van der Waals surface area contributed by atoms with Gasteiger partial charge in [-0.1, -0.05) is 13.3 Å². The van der Waals surface area contributed by atoms with E-state index in [1.807, 2.05) is 6.92 Å². The molecule has 1 fully saturated rings. The molecule has 1 aromatic heterocycles. The van der Waals surface area contributed by atoms with Crippen LogP contribution in [-0.2, 0) is 11.3 Å². The number of aromatic nitrogens is 2. The predicted molar refractivity (Wildman–Crippen MR) is 83.9 cm³/mol. The molecule has 1 atom stereocenters. The number of hydrogen-bond donors (Lipinski definition) is 2. The van der Waals surface area contributed by atoms with Gasteiger partial charge in [-0.25, -0.2) is 4.79 Å². The molecule has 2 rings (SSSR count).